The van der Waals surface area contributed by atoms with Crippen LogP contribution in [0.25, 0.3) is 0 Å². The highest BCUT2D eigenvalue weighted by atomic mass is 16.5. The lowest BCUT2D eigenvalue weighted by Gasteiger charge is -2.19. The molecule has 0 aliphatic heterocycles. The Morgan fingerprint density at radius 1 is 1.31 bits per heavy atom. The lowest BCUT2D eigenvalue weighted by molar-refractivity contribution is 0.187. The third-order valence-corrected chi connectivity index (χ3v) is 3.05. The third-order valence-electron chi connectivity index (χ3n) is 3.05. The summed E-state index contributed by atoms with van der Waals surface area (Å²) in [5, 5.41) is 9.09. The molecule has 0 aromatic heterocycles. The van der Waals surface area contributed by atoms with E-state index < -0.39 is 0 Å². The van der Waals surface area contributed by atoms with Gasteiger partial charge in [0, 0.05) is 13.7 Å². The Morgan fingerprint density at radius 2 is 2.00 bits per heavy atom. The highest BCUT2D eigenvalue weighted by Crippen LogP contribution is 2.41. The molecule has 0 unspecified atom stereocenters. The minimum absolute atomic E-state index is 0.0355. The van der Waals surface area contributed by atoms with Gasteiger partial charge < -0.3 is 4.74 Å². The van der Waals surface area contributed by atoms with E-state index in [0.717, 1.165) is 38.7 Å². The maximum absolute atomic E-state index is 9.09. The maximum atomic E-state index is 9.09. The Morgan fingerprint density at radius 3 is 2.54 bits per heavy atom. The van der Waals surface area contributed by atoms with Crippen molar-refractivity contribution in [3.63, 3.8) is 0 Å². The SMILES string of the molecule is COCCCCC1(C#N)CCCC1. The molecule has 0 radical (unpaired) electrons. The summed E-state index contributed by atoms with van der Waals surface area (Å²) in [6.45, 7) is 0.835. The average molecular weight is 181 g/mol. The molecule has 0 amide bonds. The van der Waals surface area contributed by atoms with Crippen LogP contribution in [0.5, 0.6) is 0 Å². The van der Waals surface area contributed by atoms with E-state index in [1.54, 1.807) is 7.11 Å². The molecular weight excluding hydrogens is 162 g/mol. The summed E-state index contributed by atoms with van der Waals surface area (Å²) in [5.74, 6) is 0. The molecule has 0 spiro atoms. The summed E-state index contributed by atoms with van der Waals surface area (Å²) in [6, 6.07) is 2.51. The molecule has 2 heteroatoms. The number of nitrogens with zero attached hydrogens (tertiary/aromatic N) is 1. The third kappa shape index (κ3) is 3.00. The Kier molecular flexibility index (Phi) is 4.24. The van der Waals surface area contributed by atoms with E-state index in [2.05, 4.69) is 6.07 Å². The normalized spacial score (nSPS) is 20.0. The average Bonchev–Trinajstić information content (AvgIpc) is 2.62. The van der Waals surface area contributed by atoms with Crippen molar-refractivity contribution in [2.45, 2.75) is 44.9 Å². The highest BCUT2D eigenvalue weighted by Gasteiger charge is 2.32. The summed E-state index contributed by atoms with van der Waals surface area (Å²) in [5.41, 5.74) is 0.0355. The topological polar surface area (TPSA) is 33.0 Å². The van der Waals surface area contributed by atoms with Crippen molar-refractivity contribution in [1.29, 1.82) is 5.26 Å². The smallest absolute Gasteiger partial charge is 0.0689 e. The fourth-order valence-electron chi connectivity index (χ4n) is 2.18. The van der Waals surface area contributed by atoms with Gasteiger partial charge in [0.2, 0.25) is 0 Å². The fourth-order valence-corrected chi connectivity index (χ4v) is 2.18. The van der Waals surface area contributed by atoms with Gasteiger partial charge in [-0.3, -0.25) is 0 Å². The van der Waals surface area contributed by atoms with Gasteiger partial charge in [-0.1, -0.05) is 12.8 Å². The monoisotopic (exact) mass is 181 g/mol. The Hall–Kier alpha value is -0.550. The van der Waals surface area contributed by atoms with Crippen LogP contribution in [0.1, 0.15) is 44.9 Å². The zero-order valence-electron chi connectivity index (χ0n) is 8.51. The quantitative estimate of drug-likeness (QED) is 0.611. The lowest BCUT2D eigenvalue weighted by atomic mass is 9.83. The molecule has 0 heterocycles. The minimum atomic E-state index is 0.0355. The zero-order valence-corrected chi connectivity index (χ0v) is 8.51. The van der Waals surface area contributed by atoms with E-state index in [4.69, 9.17) is 10.00 Å². The van der Waals surface area contributed by atoms with Crippen molar-refractivity contribution in [2.75, 3.05) is 13.7 Å². The van der Waals surface area contributed by atoms with Crippen LogP contribution in [0.3, 0.4) is 0 Å². The Bertz CT molecular complexity index is 177. The van der Waals surface area contributed by atoms with Gasteiger partial charge in [-0.05, 0) is 32.1 Å². The molecule has 0 N–H and O–H groups in total. The lowest BCUT2D eigenvalue weighted by Crippen LogP contribution is -2.13. The summed E-state index contributed by atoms with van der Waals surface area (Å²) in [4.78, 5) is 0. The molecule has 2 nitrogen and oxygen atoms in total. The van der Waals surface area contributed by atoms with E-state index in [1.165, 1.54) is 12.8 Å². The molecule has 1 aliphatic rings. The number of unbranched alkanes of at least 4 members (excludes halogenated alkanes) is 1. The number of ether oxygens (including phenoxy) is 1. The van der Waals surface area contributed by atoms with E-state index in [9.17, 15) is 0 Å². The largest absolute Gasteiger partial charge is 0.385 e. The van der Waals surface area contributed by atoms with Gasteiger partial charge >= 0.3 is 0 Å². The second kappa shape index (κ2) is 5.24. The van der Waals surface area contributed by atoms with E-state index >= 15 is 0 Å². The molecule has 0 aromatic carbocycles. The predicted octanol–water partition coefficient (Wildman–Crippen LogP) is 2.89. The van der Waals surface area contributed by atoms with Crippen LogP contribution >= 0.6 is 0 Å². The molecule has 0 aromatic rings. The van der Waals surface area contributed by atoms with Gasteiger partial charge in [0.15, 0.2) is 0 Å². The van der Waals surface area contributed by atoms with E-state index in [1.807, 2.05) is 0 Å². The summed E-state index contributed by atoms with van der Waals surface area (Å²) in [6.07, 6.45) is 8.05. The van der Waals surface area contributed by atoms with Gasteiger partial charge in [0.05, 0.1) is 11.5 Å². The predicted molar refractivity (Wildman–Crippen MR) is 52.2 cm³/mol. The van der Waals surface area contributed by atoms with Crippen molar-refractivity contribution in [3.05, 3.63) is 0 Å². The number of rotatable bonds is 5. The number of methoxy groups -OCH3 is 1. The van der Waals surface area contributed by atoms with Crippen LogP contribution in [0, 0.1) is 16.7 Å². The molecule has 13 heavy (non-hydrogen) atoms. The van der Waals surface area contributed by atoms with Crippen LogP contribution < -0.4 is 0 Å². The molecule has 1 fully saturated rings. The van der Waals surface area contributed by atoms with Gasteiger partial charge in [-0.25, -0.2) is 0 Å². The molecule has 1 rings (SSSR count). The maximum Gasteiger partial charge on any atom is 0.0689 e. The van der Waals surface area contributed by atoms with Crippen LogP contribution in [-0.2, 0) is 4.74 Å². The molecule has 0 bridgehead atoms. The van der Waals surface area contributed by atoms with Crippen molar-refractivity contribution < 1.29 is 4.74 Å². The van der Waals surface area contributed by atoms with Crippen LogP contribution in [0.2, 0.25) is 0 Å². The van der Waals surface area contributed by atoms with Crippen molar-refractivity contribution in [1.82, 2.24) is 0 Å². The first-order valence-electron chi connectivity index (χ1n) is 5.23. The second-order valence-electron chi connectivity index (χ2n) is 4.05. The van der Waals surface area contributed by atoms with E-state index in [-0.39, 0.29) is 5.41 Å². The van der Waals surface area contributed by atoms with Crippen molar-refractivity contribution in [3.8, 4) is 6.07 Å². The standard InChI is InChI=1S/C11H19NO/c1-13-9-5-4-8-11(10-12)6-2-3-7-11/h2-9H2,1H3. The molecule has 0 saturated heterocycles. The molecule has 74 valence electrons. The summed E-state index contributed by atoms with van der Waals surface area (Å²) in [7, 11) is 1.73. The molecule has 0 atom stereocenters. The first-order chi connectivity index (χ1) is 6.33. The molecule has 1 saturated carbocycles. The molecular formula is C11H19NO. The number of hydrogen-bond donors (Lipinski definition) is 0. The Balaban J connectivity index is 2.21. The van der Waals surface area contributed by atoms with E-state index in [0.29, 0.717) is 0 Å². The fraction of sp³-hybridized carbons (Fsp3) is 0.909. The van der Waals surface area contributed by atoms with Crippen LogP contribution in [0.4, 0.5) is 0 Å². The molecule has 1 aliphatic carbocycles. The first-order valence-corrected chi connectivity index (χ1v) is 5.23. The Labute approximate surface area is 80.9 Å². The van der Waals surface area contributed by atoms with Gasteiger partial charge in [-0.2, -0.15) is 5.26 Å². The summed E-state index contributed by atoms with van der Waals surface area (Å²) < 4.78 is 4.99. The van der Waals surface area contributed by atoms with Crippen molar-refractivity contribution in [2.24, 2.45) is 5.41 Å². The zero-order chi connectivity index (χ0) is 9.57. The number of hydrogen-bond acceptors (Lipinski definition) is 2. The van der Waals surface area contributed by atoms with Gasteiger partial charge in [0.1, 0.15) is 0 Å². The second-order valence-corrected chi connectivity index (χ2v) is 4.05. The van der Waals surface area contributed by atoms with Crippen molar-refractivity contribution >= 4 is 0 Å². The van der Waals surface area contributed by atoms with Gasteiger partial charge in [-0.15, -0.1) is 0 Å². The van der Waals surface area contributed by atoms with Gasteiger partial charge in [0.25, 0.3) is 0 Å². The first kappa shape index (κ1) is 10.5. The van der Waals surface area contributed by atoms with Crippen LogP contribution in [-0.4, -0.2) is 13.7 Å². The highest BCUT2D eigenvalue weighted by molar-refractivity contribution is 5.01. The number of nitriles is 1. The van der Waals surface area contributed by atoms with Crippen LogP contribution in [0.15, 0.2) is 0 Å². The minimum Gasteiger partial charge on any atom is -0.385 e. The summed E-state index contributed by atoms with van der Waals surface area (Å²) >= 11 is 0.